The number of rotatable bonds is 6. The molecule has 2 atom stereocenters. The number of methoxy groups -OCH3 is 3. The van der Waals surface area contributed by atoms with Gasteiger partial charge in [0.2, 0.25) is 5.91 Å². The van der Waals surface area contributed by atoms with Gasteiger partial charge in [0, 0.05) is 18.7 Å². The predicted octanol–water partition coefficient (Wildman–Crippen LogP) is 3.87. The molecule has 35 heavy (non-hydrogen) atoms. The van der Waals surface area contributed by atoms with Gasteiger partial charge in [-0.25, -0.2) is 0 Å². The van der Waals surface area contributed by atoms with Gasteiger partial charge in [-0.3, -0.25) is 9.59 Å². The standard InChI is InChI=1S/C28H28N2O5/c1-33-19-9-6-7-17(13-19)16-29-27(31)25-21-14-23(34-2)24(35-3)15-22(21)28(32)30-12-11-18-8-4-5-10-20(18)26(25)30/h4-10,13-15,25-26H,11-12,16H2,1-3H3,(H,29,31). The van der Waals surface area contributed by atoms with Crippen molar-refractivity contribution in [1.29, 1.82) is 0 Å². The molecule has 3 aromatic carbocycles. The van der Waals surface area contributed by atoms with Crippen molar-refractivity contribution in [3.05, 3.63) is 88.5 Å². The molecule has 0 saturated carbocycles. The van der Waals surface area contributed by atoms with Gasteiger partial charge in [0.15, 0.2) is 11.5 Å². The highest BCUT2D eigenvalue weighted by atomic mass is 16.5. The number of fused-ring (bicyclic) bond motifs is 4. The van der Waals surface area contributed by atoms with Crippen LogP contribution in [-0.4, -0.2) is 44.6 Å². The number of ether oxygens (including phenoxy) is 3. The Morgan fingerprint density at radius 1 is 0.943 bits per heavy atom. The van der Waals surface area contributed by atoms with Crippen LogP contribution in [-0.2, 0) is 17.8 Å². The Bertz CT molecular complexity index is 1290. The second kappa shape index (κ2) is 9.33. The summed E-state index contributed by atoms with van der Waals surface area (Å²) in [4.78, 5) is 29.3. The minimum atomic E-state index is -0.602. The van der Waals surface area contributed by atoms with E-state index in [1.165, 1.54) is 7.11 Å². The molecular weight excluding hydrogens is 444 g/mol. The highest BCUT2D eigenvalue weighted by Gasteiger charge is 2.46. The number of nitrogens with one attached hydrogen (secondary N) is 1. The van der Waals surface area contributed by atoms with Gasteiger partial charge < -0.3 is 24.4 Å². The molecule has 3 aromatic rings. The molecule has 1 N–H and O–H groups in total. The Morgan fingerprint density at radius 3 is 2.49 bits per heavy atom. The summed E-state index contributed by atoms with van der Waals surface area (Å²) in [5.41, 5.74) is 4.22. The van der Waals surface area contributed by atoms with Crippen molar-refractivity contribution in [3.8, 4) is 17.2 Å². The number of nitrogens with zero attached hydrogens (tertiary/aromatic N) is 1. The fraction of sp³-hybridized carbons (Fsp3) is 0.286. The van der Waals surface area contributed by atoms with Gasteiger partial charge in [-0.1, -0.05) is 36.4 Å². The third-order valence-corrected chi connectivity index (χ3v) is 6.91. The minimum absolute atomic E-state index is 0.0997. The van der Waals surface area contributed by atoms with Crippen LogP contribution in [0.15, 0.2) is 60.7 Å². The molecular formula is C28H28N2O5. The zero-order valence-electron chi connectivity index (χ0n) is 20.0. The first kappa shape index (κ1) is 22.8. The van der Waals surface area contributed by atoms with Gasteiger partial charge in [-0.05, 0) is 52.9 Å². The summed E-state index contributed by atoms with van der Waals surface area (Å²) in [6.45, 7) is 0.894. The quantitative estimate of drug-likeness (QED) is 0.590. The molecule has 0 saturated heterocycles. The summed E-state index contributed by atoms with van der Waals surface area (Å²) in [5.74, 6) is 0.829. The van der Waals surface area contributed by atoms with Gasteiger partial charge in [-0.2, -0.15) is 0 Å². The summed E-state index contributed by atoms with van der Waals surface area (Å²) < 4.78 is 16.3. The first-order valence-corrected chi connectivity index (χ1v) is 11.6. The van der Waals surface area contributed by atoms with Gasteiger partial charge >= 0.3 is 0 Å². The van der Waals surface area contributed by atoms with Crippen LogP contribution in [0.2, 0.25) is 0 Å². The molecule has 5 rings (SSSR count). The third-order valence-electron chi connectivity index (χ3n) is 6.91. The molecule has 0 spiro atoms. The molecule has 0 radical (unpaired) electrons. The number of hydrogen-bond acceptors (Lipinski definition) is 5. The lowest BCUT2D eigenvalue weighted by atomic mass is 9.75. The van der Waals surface area contributed by atoms with Crippen LogP contribution in [0.25, 0.3) is 0 Å². The molecule has 180 valence electrons. The maximum atomic E-state index is 13.9. The van der Waals surface area contributed by atoms with Gasteiger partial charge in [-0.15, -0.1) is 0 Å². The highest BCUT2D eigenvalue weighted by Crippen LogP contribution is 2.48. The SMILES string of the molecule is COc1cccc(CNC(=O)C2c3cc(OC)c(OC)cc3C(=O)N3CCc4ccccc4C23)c1. The number of benzene rings is 3. The zero-order chi connectivity index (χ0) is 24.5. The second-order valence-corrected chi connectivity index (χ2v) is 8.73. The number of carbonyl (C=O) groups is 2. The van der Waals surface area contributed by atoms with Crippen LogP contribution in [0.3, 0.4) is 0 Å². The number of carbonyl (C=O) groups excluding carboxylic acids is 2. The minimum Gasteiger partial charge on any atom is -0.497 e. The third kappa shape index (κ3) is 3.97. The van der Waals surface area contributed by atoms with Crippen LogP contribution in [0.5, 0.6) is 17.2 Å². The fourth-order valence-electron chi connectivity index (χ4n) is 5.21. The molecule has 2 aliphatic heterocycles. The normalized spacial score (nSPS) is 18.1. The lowest BCUT2D eigenvalue weighted by Crippen LogP contribution is -2.50. The Morgan fingerprint density at radius 2 is 1.71 bits per heavy atom. The van der Waals surface area contributed by atoms with Crippen molar-refractivity contribution >= 4 is 11.8 Å². The zero-order valence-corrected chi connectivity index (χ0v) is 20.0. The number of hydrogen-bond donors (Lipinski definition) is 1. The fourth-order valence-corrected chi connectivity index (χ4v) is 5.21. The lowest BCUT2D eigenvalue weighted by molar-refractivity contribution is -0.124. The van der Waals surface area contributed by atoms with Crippen molar-refractivity contribution in [3.63, 3.8) is 0 Å². The van der Waals surface area contributed by atoms with E-state index in [0.717, 1.165) is 28.9 Å². The van der Waals surface area contributed by atoms with E-state index in [4.69, 9.17) is 14.2 Å². The summed E-state index contributed by atoms with van der Waals surface area (Å²) in [5, 5.41) is 3.10. The van der Waals surface area contributed by atoms with Crippen LogP contribution in [0.4, 0.5) is 0 Å². The van der Waals surface area contributed by atoms with Gasteiger partial charge in [0.05, 0.1) is 33.3 Å². The van der Waals surface area contributed by atoms with Crippen molar-refractivity contribution in [2.75, 3.05) is 27.9 Å². The van der Waals surface area contributed by atoms with Crippen LogP contribution < -0.4 is 19.5 Å². The van der Waals surface area contributed by atoms with E-state index >= 15 is 0 Å². The summed E-state index contributed by atoms with van der Waals surface area (Å²) in [7, 11) is 4.70. The van der Waals surface area contributed by atoms with Gasteiger partial charge in [0.25, 0.3) is 5.91 Å². The predicted molar refractivity (Wildman–Crippen MR) is 131 cm³/mol. The molecule has 7 nitrogen and oxygen atoms in total. The van der Waals surface area contributed by atoms with Crippen molar-refractivity contribution < 1.29 is 23.8 Å². The van der Waals surface area contributed by atoms with Crippen LogP contribution in [0, 0.1) is 0 Å². The van der Waals surface area contributed by atoms with Gasteiger partial charge in [0.1, 0.15) is 5.75 Å². The summed E-state index contributed by atoms with van der Waals surface area (Å²) in [6, 6.07) is 18.7. The lowest BCUT2D eigenvalue weighted by Gasteiger charge is -2.45. The Hall–Kier alpha value is -4.00. The molecule has 7 heteroatoms. The monoisotopic (exact) mass is 472 g/mol. The smallest absolute Gasteiger partial charge is 0.254 e. The van der Waals surface area contributed by atoms with E-state index in [2.05, 4.69) is 11.4 Å². The highest BCUT2D eigenvalue weighted by molar-refractivity contribution is 6.02. The topological polar surface area (TPSA) is 77.1 Å². The first-order valence-electron chi connectivity index (χ1n) is 11.6. The molecule has 0 fully saturated rings. The maximum Gasteiger partial charge on any atom is 0.254 e. The summed E-state index contributed by atoms with van der Waals surface area (Å²) >= 11 is 0. The Labute approximate surface area is 204 Å². The molecule has 2 heterocycles. The van der Waals surface area contributed by atoms with E-state index < -0.39 is 12.0 Å². The van der Waals surface area contributed by atoms with E-state index in [-0.39, 0.29) is 11.8 Å². The molecule has 0 bridgehead atoms. The van der Waals surface area contributed by atoms with E-state index in [1.807, 2.05) is 47.4 Å². The van der Waals surface area contributed by atoms with E-state index in [9.17, 15) is 9.59 Å². The van der Waals surface area contributed by atoms with Crippen molar-refractivity contribution in [1.82, 2.24) is 10.2 Å². The molecule has 2 amide bonds. The molecule has 0 aromatic heterocycles. The average Bonchev–Trinajstić information content (AvgIpc) is 2.91. The Balaban J connectivity index is 1.59. The molecule has 0 aliphatic carbocycles. The van der Waals surface area contributed by atoms with Crippen molar-refractivity contribution in [2.45, 2.75) is 24.9 Å². The second-order valence-electron chi connectivity index (χ2n) is 8.73. The average molecular weight is 473 g/mol. The van der Waals surface area contributed by atoms with E-state index in [0.29, 0.717) is 35.7 Å². The number of amides is 2. The molecule has 2 aliphatic rings. The maximum absolute atomic E-state index is 13.9. The first-order chi connectivity index (χ1) is 17.0. The summed E-state index contributed by atoms with van der Waals surface area (Å²) in [6.07, 6.45) is 0.749. The van der Waals surface area contributed by atoms with Crippen LogP contribution in [0.1, 0.15) is 44.6 Å². The van der Waals surface area contributed by atoms with Crippen LogP contribution >= 0.6 is 0 Å². The van der Waals surface area contributed by atoms with Crippen molar-refractivity contribution in [2.24, 2.45) is 0 Å². The Kier molecular flexibility index (Phi) is 6.07. The molecule has 2 unspecified atom stereocenters. The largest absolute Gasteiger partial charge is 0.497 e. The van der Waals surface area contributed by atoms with E-state index in [1.54, 1.807) is 26.4 Å².